The van der Waals surface area contributed by atoms with Gasteiger partial charge in [0.15, 0.2) is 0 Å². The molecule has 0 radical (unpaired) electrons. The molecular formula is C18H28N4O2. The molecule has 0 spiro atoms. The molecule has 1 aliphatic heterocycles. The van der Waals surface area contributed by atoms with Crippen molar-refractivity contribution in [2.45, 2.75) is 63.6 Å². The number of nitrogens with one attached hydrogen (secondary N) is 2. The van der Waals surface area contributed by atoms with Crippen LogP contribution in [0.3, 0.4) is 0 Å². The van der Waals surface area contributed by atoms with Crippen molar-refractivity contribution in [2.75, 3.05) is 18.0 Å². The number of carbonyl (C=O) groups is 1. The molecule has 1 aliphatic carbocycles. The number of urea groups is 1. The SMILES string of the molecule is Cc1ccc(N2CCC(NC(=O)NC3CCCCC3O)CC2)nc1. The van der Waals surface area contributed by atoms with Crippen LogP contribution in [0, 0.1) is 6.92 Å². The Morgan fingerprint density at radius 2 is 1.92 bits per heavy atom. The average Bonchev–Trinajstić information content (AvgIpc) is 2.58. The average molecular weight is 332 g/mol. The maximum Gasteiger partial charge on any atom is 0.315 e. The van der Waals surface area contributed by atoms with Crippen molar-refractivity contribution in [2.24, 2.45) is 0 Å². The second kappa shape index (κ2) is 7.83. The van der Waals surface area contributed by atoms with E-state index in [1.54, 1.807) is 0 Å². The molecule has 6 heteroatoms. The Balaban J connectivity index is 1.43. The number of piperidine rings is 1. The summed E-state index contributed by atoms with van der Waals surface area (Å²) in [5.74, 6) is 1.01. The monoisotopic (exact) mass is 332 g/mol. The smallest absolute Gasteiger partial charge is 0.315 e. The summed E-state index contributed by atoms with van der Waals surface area (Å²) in [7, 11) is 0. The van der Waals surface area contributed by atoms with Gasteiger partial charge in [-0.25, -0.2) is 9.78 Å². The van der Waals surface area contributed by atoms with Crippen LogP contribution < -0.4 is 15.5 Å². The summed E-state index contributed by atoms with van der Waals surface area (Å²) in [6.07, 6.45) is 7.09. The molecule has 2 fully saturated rings. The number of rotatable bonds is 3. The normalized spacial score (nSPS) is 25.3. The van der Waals surface area contributed by atoms with Crippen molar-refractivity contribution in [3.05, 3.63) is 23.9 Å². The first-order valence-electron chi connectivity index (χ1n) is 9.04. The molecule has 6 nitrogen and oxygen atoms in total. The van der Waals surface area contributed by atoms with E-state index >= 15 is 0 Å². The molecule has 2 unspecified atom stereocenters. The molecule has 2 atom stereocenters. The van der Waals surface area contributed by atoms with Gasteiger partial charge in [-0.2, -0.15) is 0 Å². The highest BCUT2D eigenvalue weighted by atomic mass is 16.3. The van der Waals surface area contributed by atoms with Gasteiger partial charge in [-0.05, 0) is 44.2 Å². The maximum absolute atomic E-state index is 12.2. The van der Waals surface area contributed by atoms with Crippen molar-refractivity contribution in [3.63, 3.8) is 0 Å². The highest BCUT2D eigenvalue weighted by molar-refractivity contribution is 5.74. The van der Waals surface area contributed by atoms with Crippen LogP contribution >= 0.6 is 0 Å². The highest BCUT2D eigenvalue weighted by Crippen LogP contribution is 2.19. The largest absolute Gasteiger partial charge is 0.391 e. The zero-order valence-corrected chi connectivity index (χ0v) is 14.4. The fourth-order valence-electron chi connectivity index (χ4n) is 3.58. The van der Waals surface area contributed by atoms with E-state index in [-0.39, 0.29) is 18.1 Å². The Kier molecular flexibility index (Phi) is 5.56. The van der Waals surface area contributed by atoms with Gasteiger partial charge in [0.25, 0.3) is 0 Å². The third-order valence-electron chi connectivity index (χ3n) is 5.10. The molecule has 132 valence electrons. The summed E-state index contributed by atoms with van der Waals surface area (Å²) in [5.41, 5.74) is 1.16. The molecule has 0 bridgehead atoms. The molecule has 24 heavy (non-hydrogen) atoms. The van der Waals surface area contributed by atoms with Crippen LogP contribution in [0.5, 0.6) is 0 Å². The molecule has 3 N–H and O–H groups in total. The summed E-state index contributed by atoms with van der Waals surface area (Å²) in [5, 5.41) is 15.9. The van der Waals surface area contributed by atoms with E-state index in [9.17, 15) is 9.90 Å². The van der Waals surface area contributed by atoms with Crippen LogP contribution in [0.25, 0.3) is 0 Å². The van der Waals surface area contributed by atoms with Gasteiger partial charge in [0.05, 0.1) is 12.1 Å². The lowest BCUT2D eigenvalue weighted by atomic mass is 9.93. The van der Waals surface area contributed by atoms with Gasteiger partial charge < -0.3 is 20.6 Å². The van der Waals surface area contributed by atoms with Gasteiger partial charge in [0.1, 0.15) is 5.82 Å². The number of hydrogen-bond acceptors (Lipinski definition) is 4. The number of anilines is 1. The van der Waals surface area contributed by atoms with Crippen molar-refractivity contribution in [3.8, 4) is 0 Å². The summed E-state index contributed by atoms with van der Waals surface area (Å²) in [4.78, 5) is 18.9. The molecule has 1 aromatic rings. The van der Waals surface area contributed by atoms with Gasteiger partial charge in [0.2, 0.25) is 0 Å². The second-order valence-corrected chi connectivity index (χ2v) is 7.03. The minimum Gasteiger partial charge on any atom is -0.391 e. The minimum absolute atomic E-state index is 0.101. The van der Waals surface area contributed by atoms with E-state index in [0.717, 1.165) is 63.0 Å². The van der Waals surface area contributed by atoms with E-state index in [4.69, 9.17) is 0 Å². The number of amides is 2. The zero-order chi connectivity index (χ0) is 16.9. The Labute approximate surface area is 143 Å². The molecule has 1 saturated carbocycles. The topological polar surface area (TPSA) is 77.5 Å². The van der Waals surface area contributed by atoms with E-state index in [1.807, 2.05) is 13.1 Å². The van der Waals surface area contributed by atoms with Crippen LogP contribution in [-0.2, 0) is 0 Å². The number of nitrogens with zero attached hydrogens (tertiary/aromatic N) is 2. The number of carbonyl (C=O) groups excluding carboxylic acids is 1. The van der Waals surface area contributed by atoms with Gasteiger partial charge >= 0.3 is 6.03 Å². The van der Waals surface area contributed by atoms with Crippen LogP contribution in [0.15, 0.2) is 18.3 Å². The first-order valence-corrected chi connectivity index (χ1v) is 9.04. The summed E-state index contributed by atoms with van der Waals surface area (Å²) in [6, 6.07) is 4.08. The number of aromatic nitrogens is 1. The van der Waals surface area contributed by atoms with Crippen molar-refractivity contribution >= 4 is 11.8 Å². The number of aliphatic hydroxyl groups excluding tert-OH is 1. The van der Waals surface area contributed by atoms with Gasteiger partial charge in [-0.1, -0.05) is 18.9 Å². The molecule has 1 aromatic heterocycles. The van der Waals surface area contributed by atoms with E-state index < -0.39 is 6.10 Å². The van der Waals surface area contributed by atoms with Crippen molar-refractivity contribution in [1.29, 1.82) is 0 Å². The predicted octanol–water partition coefficient (Wildman–Crippen LogP) is 1.96. The first kappa shape index (κ1) is 17.0. The van der Waals surface area contributed by atoms with Gasteiger partial charge in [-0.15, -0.1) is 0 Å². The molecule has 1 saturated heterocycles. The molecule has 0 aromatic carbocycles. The van der Waals surface area contributed by atoms with E-state index in [0.29, 0.717) is 0 Å². The van der Waals surface area contributed by atoms with E-state index in [1.165, 1.54) is 0 Å². The standard InChI is InChI=1S/C18H28N4O2/c1-13-6-7-17(19-12-13)22-10-8-14(9-11-22)20-18(24)21-15-4-2-3-5-16(15)23/h6-7,12,14-16,23H,2-5,8-11H2,1H3,(H2,20,21,24). The lowest BCUT2D eigenvalue weighted by molar-refractivity contribution is 0.0939. The third-order valence-corrected chi connectivity index (χ3v) is 5.10. The molecular weight excluding hydrogens is 304 g/mol. The third kappa shape index (κ3) is 4.38. The van der Waals surface area contributed by atoms with Crippen LogP contribution in [0.2, 0.25) is 0 Å². The van der Waals surface area contributed by atoms with Gasteiger partial charge in [-0.3, -0.25) is 0 Å². The van der Waals surface area contributed by atoms with Crippen LogP contribution in [0.4, 0.5) is 10.6 Å². The lowest BCUT2D eigenvalue weighted by Gasteiger charge is -2.34. The minimum atomic E-state index is -0.404. The Morgan fingerprint density at radius 3 is 2.58 bits per heavy atom. The molecule has 2 aliphatic rings. The van der Waals surface area contributed by atoms with Crippen LogP contribution in [-0.4, -0.2) is 47.4 Å². The zero-order valence-electron chi connectivity index (χ0n) is 14.4. The van der Waals surface area contributed by atoms with Crippen molar-refractivity contribution < 1.29 is 9.90 Å². The van der Waals surface area contributed by atoms with Crippen LogP contribution in [0.1, 0.15) is 44.1 Å². The molecule has 2 amide bonds. The predicted molar refractivity (Wildman–Crippen MR) is 94.1 cm³/mol. The fraction of sp³-hybridized carbons (Fsp3) is 0.667. The quantitative estimate of drug-likeness (QED) is 0.791. The Bertz CT molecular complexity index is 540. The van der Waals surface area contributed by atoms with Gasteiger partial charge in [0, 0.05) is 25.3 Å². The van der Waals surface area contributed by atoms with Crippen molar-refractivity contribution in [1.82, 2.24) is 15.6 Å². The fourth-order valence-corrected chi connectivity index (χ4v) is 3.58. The Hall–Kier alpha value is -1.82. The van der Waals surface area contributed by atoms with E-state index in [2.05, 4.69) is 32.7 Å². The number of pyridine rings is 1. The first-order chi connectivity index (χ1) is 11.6. The molecule has 3 rings (SSSR count). The second-order valence-electron chi connectivity index (χ2n) is 7.03. The molecule has 2 heterocycles. The lowest BCUT2D eigenvalue weighted by Crippen LogP contribution is -2.53. The summed E-state index contributed by atoms with van der Waals surface area (Å²) >= 11 is 0. The maximum atomic E-state index is 12.2. The Morgan fingerprint density at radius 1 is 1.17 bits per heavy atom. The number of hydrogen-bond donors (Lipinski definition) is 3. The number of aryl methyl sites for hydroxylation is 1. The summed E-state index contributed by atoms with van der Waals surface area (Å²) < 4.78 is 0. The summed E-state index contributed by atoms with van der Waals surface area (Å²) in [6.45, 7) is 3.83. The number of aliphatic hydroxyl groups is 1. The highest BCUT2D eigenvalue weighted by Gasteiger charge is 2.26.